The maximum atomic E-state index is 5.28. The minimum Gasteiger partial charge on any atom is -0.497 e. The Morgan fingerprint density at radius 2 is 1.50 bits per heavy atom. The van der Waals surface area contributed by atoms with Gasteiger partial charge in [-0.05, 0) is 53.9 Å². The summed E-state index contributed by atoms with van der Waals surface area (Å²) in [6.45, 7) is 0.716. The van der Waals surface area contributed by atoms with Crippen LogP contribution in [0.1, 0.15) is 22.9 Å². The van der Waals surface area contributed by atoms with E-state index in [4.69, 9.17) is 9.47 Å². The fourth-order valence-corrected chi connectivity index (χ4v) is 2.87. The van der Waals surface area contributed by atoms with Crippen molar-refractivity contribution in [3.63, 3.8) is 0 Å². The van der Waals surface area contributed by atoms with Gasteiger partial charge in [0.15, 0.2) is 0 Å². The maximum absolute atomic E-state index is 5.28. The number of methoxy groups -OCH3 is 2. The Labute approximate surface area is 154 Å². The minimum atomic E-state index is 0.177. The van der Waals surface area contributed by atoms with Gasteiger partial charge in [-0.15, -0.1) is 0 Å². The van der Waals surface area contributed by atoms with Crippen LogP contribution in [0.25, 0.3) is 0 Å². The van der Waals surface area contributed by atoms with Crippen molar-refractivity contribution in [2.24, 2.45) is 0 Å². The fraction of sp³-hybridized carbons (Fsp3) is 0.227. The third-order valence-corrected chi connectivity index (χ3v) is 4.37. The predicted octanol–water partition coefficient (Wildman–Crippen LogP) is 4.17. The zero-order valence-corrected chi connectivity index (χ0v) is 15.2. The minimum absolute atomic E-state index is 0.177. The summed E-state index contributed by atoms with van der Waals surface area (Å²) in [5, 5.41) is 3.63. The largest absolute Gasteiger partial charge is 0.497 e. The van der Waals surface area contributed by atoms with E-state index >= 15 is 0 Å². The van der Waals surface area contributed by atoms with Crippen LogP contribution in [-0.4, -0.2) is 19.2 Å². The molecule has 0 unspecified atom stereocenters. The molecule has 1 aromatic heterocycles. The summed E-state index contributed by atoms with van der Waals surface area (Å²) in [6, 6.07) is 22.6. The van der Waals surface area contributed by atoms with Gasteiger partial charge in [0.2, 0.25) is 0 Å². The number of hydrogen-bond acceptors (Lipinski definition) is 4. The highest BCUT2D eigenvalue weighted by Gasteiger charge is 2.13. The average molecular weight is 348 g/mol. The van der Waals surface area contributed by atoms with Crippen LogP contribution in [0.5, 0.6) is 11.5 Å². The van der Waals surface area contributed by atoms with E-state index in [0.717, 1.165) is 23.6 Å². The molecule has 0 spiro atoms. The second-order valence-electron chi connectivity index (χ2n) is 6.08. The second kappa shape index (κ2) is 9.02. The van der Waals surface area contributed by atoms with E-state index in [9.17, 15) is 0 Å². The van der Waals surface area contributed by atoms with Crippen molar-refractivity contribution in [3.05, 3.63) is 89.7 Å². The molecule has 1 atom stereocenters. The topological polar surface area (TPSA) is 43.4 Å². The van der Waals surface area contributed by atoms with Crippen molar-refractivity contribution >= 4 is 0 Å². The van der Waals surface area contributed by atoms with Gasteiger partial charge in [0.05, 0.1) is 19.9 Å². The molecule has 134 valence electrons. The van der Waals surface area contributed by atoms with E-state index < -0.39 is 0 Å². The molecule has 0 bridgehead atoms. The molecular formula is C22H24N2O2. The summed E-state index contributed by atoms with van der Waals surface area (Å²) in [7, 11) is 3.37. The van der Waals surface area contributed by atoms with Gasteiger partial charge in [-0.1, -0.05) is 30.3 Å². The molecule has 0 saturated heterocycles. The lowest BCUT2D eigenvalue weighted by Gasteiger charge is -2.20. The quantitative estimate of drug-likeness (QED) is 0.663. The molecule has 0 radical (unpaired) electrons. The summed E-state index contributed by atoms with van der Waals surface area (Å²) in [5.41, 5.74) is 3.50. The molecule has 0 amide bonds. The molecule has 0 aliphatic carbocycles. The van der Waals surface area contributed by atoms with Crippen molar-refractivity contribution in [3.8, 4) is 11.5 Å². The number of pyridine rings is 1. The Balaban J connectivity index is 1.77. The molecule has 4 heteroatoms. The molecular weight excluding hydrogens is 324 g/mol. The first-order valence-corrected chi connectivity index (χ1v) is 8.68. The monoisotopic (exact) mass is 348 g/mol. The number of nitrogens with one attached hydrogen (secondary N) is 1. The normalized spacial score (nSPS) is 11.8. The molecule has 1 N–H and O–H groups in total. The van der Waals surface area contributed by atoms with E-state index in [1.165, 1.54) is 11.1 Å². The lowest BCUT2D eigenvalue weighted by atomic mass is 9.98. The highest BCUT2D eigenvalue weighted by Crippen LogP contribution is 2.23. The summed E-state index contributed by atoms with van der Waals surface area (Å²) >= 11 is 0. The van der Waals surface area contributed by atoms with Crippen LogP contribution in [0.4, 0.5) is 0 Å². The Bertz CT molecular complexity index is 787. The summed E-state index contributed by atoms with van der Waals surface area (Å²) in [4.78, 5) is 4.40. The van der Waals surface area contributed by atoms with E-state index in [1.54, 1.807) is 14.2 Å². The summed E-state index contributed by atoms with van der Waals surface area (Å²) in [6.07, 6.45) is 2.70. The molecule has 0 fully saturated rings. The maximum Gasteiger partial charge on any atom is 0.118 e. The van der Waals surface area contributed by atoms with Crippen molar-refractivity contribution in [2.75, 3.05) is 14.2 Å². The van der Waals surface area contributed by atoms with E-state index in [0.29, 0.717) is 6.54 Å². The van der Waals surface area contributed by atoms with Gasteiger partial charge in [-0.2, -0.15) is 0 Å². The Morgan fingerprint density at radius 3 is 2.08 bits per heavy atom. The van der Waals surface area contributed by atoms with Crippen molar-refractivity contribution in [1.29, 1.82) is 0 Å². The third kappa shape index (κ3) is 4.83. The number of benzene rings is 2. The first kappa shape index (κ1) is 18.0. The average Bonchev–Trinajstić information content (AvgIpc) is 2.72. The highest BCUT2D eigenvalue weighted by atomic mass is 16.5. The Kier molecular flexibility index (Phi) is 6.23. The van der Waals surface area contributed by atoms with Gasteiger partial charge >= 0.3 is 0 Å². The Morgan fingerprint density at radius 1 is 0.846 bits per heavy atom. The molecule has 3 rings (SSSR count). The number of nitrogens with zero attached hydrogens (tertiary/aromatic N) is 1. The molecule has 26 heavy (non-hydrogen) atoms. The van der Waals surface area contributed by atoms with Gasteiger partial charge in [-0.3, -0.25) is 4.98 Å². The molecule has 0 aliphatic heterocycles. The molecule has 2 aromatic carbocycles. The molecule has 1 heterocycles. The standard InChI is InChI=1S/C22H24N2O2/c1-25-20-10-6-17(7-11-20)15-22(18-8-12-21(26-2)13-9-18)24-16-19-5-3-4-14-23-19/h3-14,22,24H,15-16H2,1-2H3/t22-/m1/s1. The van der Waals surface area contributed by atoms with Gasteiger partial charge in [0.25, 0.3) is 0 Å². The van der Waals surface area contributed by atoms with Crippen molar-refractivity contribution in [1.82, 2.24) is 10.3 Å². The number of rotatable bonds is 8. The van der Waals surface area contributed by atoms with Crippen LogP contribution in [0, 0.1) is 0 Å². The predicted molar refractivity (Wildman–Crippen MR) is 104 cm³/mol. The van der Waals surface area contributed by atoms with Crippen molar-refractivity contribution < 1.29 is 9.47 Å². The van der Waals surface area contributed by atoms with Crippen LogP contribution in [0.15, 0.2) is 72.9 Å². The smallest absolute Gasteiger partial charge is 0.118 e. The third-order valence-electron chi connectivity index (χ3n) is 4.37. The van der Waals surface area contributed by atoms with Gasteiger partial charge in [-0.25, -0.2) is 0 Å². The molecule has 0 saturated carbocycles. The van der Waals surface area contributed by atoms with Gasteiger partial charge in [0, 0.05) is 18.8 Å². The summed E-state index contributed by atoms with van der Waals surface area (Å²) < 4.78 is 10.5. The molecule has 3 aromatic rings. The van der Waals surface area contributed by atoms with E-state index in [1.807, 2.05) is 48.7 Å². The van der Waals surface area contributed by atoms with Crippen LogP contribution in [0.3, 0.4) is 0 Å². The van der Waals surface area contributed by atoms with Crippen molar-refractivity contribution in [2.45, 2.75) is 19.0 Å². The fourth-order valence-electron chi connectivity index (χ4n) is 2.87. The number of ether oxygens (including phenoxy) is 2. The lowest BCUT2D eigenvalue weighted by Crippen LogP contribution is -2.23. The first-order valence-electron chi connectivity index (χ1n) is 8.68. The van der Waals surface area contributed by atoms with Crippen LogP contribution in [-0.2, 0) is 13.0 Å². The molecule has 0 aliphatic rings. The van der Waals surface area contributed by atoms with E-state index in [2.05, 4.69) is 34.6 Å². The second-order valence-corrected chi connectivity index (χ2v) is 6.08. The van der Waals surface area contributed by atoms with Crippen LogP contribution < -0.4 is 14.8 Å². The van der Waals surface area contributed by atoms with E-state index in [-0.39, 0.29) is 6.04 Å². The van der Waals surface area contributed by atoms with Gasteiger partial charge < -0.3 is 14.8 Å². The Hall–Kier alpha value is -2.85. The van der Waals surface area contributed by atoms with Crippen LogP contribution in [0.2, 0.25) is 0 Å². The molecule has 4 nitrogen and oxygen atoms in total. The summed E-state index contributed by atoms with van der Waals surface area (Å²) in [5.74, 6) is 1.73. The number of aromatic nitrogens is 1. The number of hydrogen-bond donors (Lipinski definition) is 1. The first-order chi connectivity index (χ1) is 12.8. The highest BCUT2D eigenvalue weighted by molar-refractivity contribution is 5.32. The van der Waals surface area contributed by atoms with Crippen LogP contribution >= 0.6 is 0 Å². The SMILES string of the molecule is COc1ccc(C[C@@H](NCc2ccccn2)c2ccc(OC)cc2)cc1. The lowest BCUT2D eigenvalue weighted by molar-refractivity contribution is 0.413. The van der Waals surface area contributed by atoms with Gasteiger partial charge in [0.1, 0.15) is 11.5 Å². The zero-order chi connectivity index (χ0) is 18.2. The zero-order valence-electron chi connectivity index (χ0n) is 15.2.